The molecule has 0 unspecified atom stereocenters. The minimum absolute atomic E-state index is 0.00252. The third kappa shape index (κ3) is 8.28. The zero-order valence-corrected chi connectivity index (χ0v) is 53.2. The summed E-state index contributed by atoms with van der Waals surface area (Å²) in [5.74, 6) is 0.421. The van der Waals surface area contributed by atoms with Crippen molar-refractivity contribution in [2.45, 2.75) is 194 Å². The van der Waals surface area contributed by atoms with Crippen LogP contribution in [-0.4, -0.2) is 14.8 Å². The van der Waals surface area contributed by atoms with Gasteiger partial charge in [-0.1, -0.05) is 176 Å². The van der Waals surface area contributed by atoms with Crippen LogP contribution in [0.3, 0.4) is 0 Å². The van der Waals surface area contributed by atoms with Crippen LogP contribution in [0, 0.1) is 0 Å². The van der Waals surface area contributed by atoms with E-state index in [2.05, 4.69) is 276 Å². The highest BCUT2D eigenvalue weighted by molar-refractivity contribution is 7.33. The molecule has 13 rings (SSSR count). The lowest BCUT2D eigenvalue weighted by Gasteiger charge is -2.48. The molecule has 0 spiro atoms. The molecule has 0 amide bonds. The lowest BCUT2D eigenvalue weighted by atomic mass is 9.35. The second kappa shape index (κ2) is 17.8. The zero-order chi connectivity index (χ0) is 56.6. The molecule has 0 fully saturated rings. The van der Waals surface area contributed by atoms with E-state index in [1.807, 2.05) is 0 Å². The van der Waals surface area contributed by atoms with Gasteiger partial charge in [-0.3, -0.25) is 0 Å². The summed E-state index contributed by atoms with van der Waals surface area (Å²) in [4.78, 5) is 8.03. The van der Waals surface area contributed by atoms with Gasteiger partial charge in [0.15, 0.2) is 0 Å². The molecule has 410 valence electrons. The fourth-order valence-electron chi connectivity index (χ4n) is 15.1. The molecule has 5 aliphatic rings. The number of rotatable bonds is 7. The predicted octanol–water partition coefficient (Wildman–Crippen LogP) is 19.2. The first kappa shape index (κ1) is 53.5. The number of hydrogen-bond donors (Lipinski definition) is 0. The summed E-state index contributed by atoms with van der Waals surface area (Å²) in [6.45, 7) is 42.0. The van der Waals surface area contributed by atoms with Gasteiger partial charge in [-0.05, 0) is 206 Å². The molecule has 0 bridgehead atoms. The van der Waals surface area contributed by atoms with E-state index in [-0.39, 0.29) is 39.2 Å². The summed E-state index contributed by atoms with van der Waals surface area (Å²) in [5, 5.41) is 2.85. The number of fused-ring (bicyclic) bond motifs is 9. The van der Waals surface area contributed by atoms with E-state index >= 15 is 0 Å². The topological polar surface area (TPSA) is 9.72 Å². The van der Waals surface area contributed by atoms with Gasteiger partial charge < -0.3 is 14.7 Å². The summed E-state index contributed by atoms with van der Waals surface area (Å²) < 4.78 is 2.85. The van der Waals surface area contributed by atoms with Gasteiger partial charge >= 0.3 is 0 Å². The van der Waals surface area contributed by atoms with Crippen molar-refractivity contribution in [2.75, 3.05) is 14.7 Å². The quantitative estimate of drug-likeness (QED) is 0.147. The molecule has 0 saturated heterocycles. The standard InChI is InChI=1S/C74H86BN3SSi/c1-46(2)47-23-25-50(26-24-47)78-64-41-52(76(48-21-19-18-20-22-48)49-27-30-53(31-28-49)80(15,16)17)40-63-66(64)75(68-67(78)54-42-57-60(45-65(54)79-68)74(13,14)38-35-71(57,7)8)61-43-58-59(73(11,12)37-36-72(58,9)10)44-62(61)77(63)51-29-32-55-56(39-51)70(5,6)34-33-69(55,3)4/h18-32,39-46H,33-38H2,1-17H3. The van der Waals surface area contributed by atoms with E-state index < -0.39 is 8.07 Å². The van der Waals surface area contributed by atoms with Gasteiger partial charge in [0.2, 0.25) is 0 Å². The van der Waals surface area contributed by atoms with E-state index in [1.165, 1.54) is 135 Å². The number of hydrogen-bond acceptors (Lipinski definition) is 4. The highest BCUT2D eigenvalue weighted by atomic mass is 32.1. The van der Waals surface area contributed by atoms with Crippen molar-refractivity contribution >= 4 is 108 Å². The monoisotopic (exact) mass is 1090 g/mol. The zero-order valence-electron chi connectivity index (χ0n) is 51.3. The van der Waals surface area contributed by atoms with Crippen molar-refractivity contribution in [2.24, 2.45) is 0 Å². The average molecular weight is 1090 g/mol. The van der Waals surface area contributed by atoms with Crippen molar-refractivity contribution in [3.05, 3.63) is 172 Å². The maximum Gasteiger partial charge on any atom is 0.264 e. The van der Waals surface area contributed by atoms with Crippen LogP contribution in [0.2, 0.25) is 19.6 Å². The number of nitrogens with zero attached hydrogens (tertiary/aromatic N) is 3. The highest BCUT2D eigenvalue weighted by Gasteiger charge is 2.50. The van der Waals surface area contributed by atoms with Crippen LogP contribution in [0.1, 0.15) is 180 Å². The van der Waals surface area contributed by atoms with Crippen LogP contribution in [0.15, 0.2) is 133 Å². The van der Waals surface area contributed by atoms with Crippen LogP contribution in [0.25, 0.3) is 10.1 Å². The van der Waals surface area contributed by atoms with Gasteiger partial charge in [0, 0.05) is 54.7 Å². The van der Waals surface area contributed by atoms with Crippen LogP contribution >= 0.6 is 11.3 Å². The average Bonchev–Trinajstić information content (AvgIpc) is 1.66. The van der Waals surface area contributed by atoms with Gasteiger partial charge in [-0.15, -0.1) is 11.3 Å². The fraction of sp³-hybridized carbons (Fsp3) is 0.405. The number of para-hydroxylation sites is 1. The SMILES string of the molecule is CC(C)c1ccc(N2c3cc(N(c4ccccc4)c4ccc([Si](C)(C)C)cc4)cc4c3B(c3cc5c(cc3N4c3ccc4c(c3)C(C)(C)CCC4(C)C)C(C)(C)CCC5(C)C)c3sc4cc5c(cc4c32)C(C)(C)CCC5(C)C)cc1. The van der Waals surface area contributed by atoms with Crippen molar-refractivity contribution < 1.29 is 0 Å². The molecule has 3 heterocycles. The van der Waals surface area contributed by atoms with E-state index in [4.69, 9.17) is 0 Å². The Morgan fingerprint density at radius 1 is 0.463 bits per heavy atom. The van der Waals surface area contributed by atoms with Crippen molar-refractivity contribution in [3.63, 3.8) is 0 Å². The molecule has 80 heavy (non-hydrogen) atoms. The first-order valence-corrected chi connectivity index (χ1v) is 34.7. The van der Waals surface area contributed by atoms with Gasteiger partial charge in [-0.25, -0.2) is 0 Å². The molecule has 8 aromatic rings. The Hall–Kier alpha value is -5.82. The van der Waals surface area contributed by atoms with Crippen molar-refractivity contribution in [3.8, 4) is 0 Å². The second-order valence-electron chi connectivity index (χ2n) is 30.4. The highest BCUT2D eigenvalue weighted by Crippen LogP contribution is 2.56. The molecule has 7 aromatic carbocycles. The molecule has 0 saturated carbocycles. The summed E-state index contributed by atoms with van der Waals surface area (Å²) >= 11 is 2.07. The summed E-state index contributed by atoms with van der Waals surface area (Å²) in [5.41, 5.74) is 24.7. The van der Waals surface area contributed by atoms with Gasteiger partial charge in [0.1, 0.15) is 0 Å². The van der Waals surface area contributed by atoms with Crippen LogP contribution in [0.5, 0.6) is 0 Å². The van der Waals surface area contributed by atoms with Crippen LogP contribution < -0.4 is 35.6 Å². The molecule has 3 nitrogen and oxygen atoms in total. The minimum Gasteiger partial charge on any atom is -0.311 e. The Morgan fingerprint density at radius 3 is 1.51 bits per heavy atom. The lowest BCUT2D eigenvalue weighted by Crippen LogP contribution is -2.61. The summed E-state index contributed by atoms with van der Waals surface area (Å²) in [7, 11) is -1.59. The van der Waals surface area contributed by atoms with Crippen LogP contribution in [-0.2, 0) is 32.5 Å². The Labute approximate surface area is 485 Å². The molecular weight excluding hydrogens is 1000 g/mol. The normalized spacial score (nSPS) is 19.4. The van der Waals surface area contributed by atoms with E-state index in [9.17, 15) is 0 Å². The largest absolute Gasteiger partial charge is 0.311 e. The maximum absolute atomic E-state index is 2.75. The Kier molecular flexibility index (Phi) is 11.9. The van der Waals surface area contributed by atoms with Crippen molar-refractivity contribution in [1.29, 1.82) is 0 Å². The third-order valence-corrected chi connectivity index (χ3v) is 24.0. The van der Waals surface area contributed by atoms with Crippen molar-refractivity contribution in [1.82, 2.24) is 0 Å². The summed E-state index contributed by atoms with van der Waals surface area (Å²) in [6, 6.07) is 54.0. The molecule has 0 radical (unpaired) electrons. The Morgan fingerprint density at radius 2 is 0.950 bits per heavy atom. The number of thiophene rings is 1. The molecule has 1 aromatic heterocycles. The molecule has 3 aliphatic carbocycles. The Balaban J connectivity index is 1.20. The number of benzene rings is 7. The molecular formula is C74H86BN3SSi. The number of anilines is 9. The van der Waals surface area contributed by atoms with Gasteiger partial charge in [0.25, 0.3) is 6.71 Å². The predicted molar refractivity (Wildman–Crippen MR) is 353 cm³/mol. The molecule has 0 N–H and O–H groups in total. The first-order chi connectivity index (χ1) is 37.6. The fourth-order valence-corrected chi connectivity index (χ4v) is 17.6. The molecule has 0 atom stereocenters. The molecule has 2 aliphatic heterocycles. The minimum atomic E-state index is -1.59. The van der Waals surface area contributed by atoms with Gasteiger partial charge in [0.05, 0.1) is 19.4 Å². The maximum atomic E-state index is 2.75. The smallest absolute Gasteiger partial charge is 0.264 e. The van der Waals surface area contributed by atoms with E-state index in [0.29, 0.717) is 5.92 Å². The van der Waals surface area contributed by atoms with E-state index in [1.54, 1.807) is 0 Å². The van der Waals surface area contributed by atoms with Crippen LogP contribution in [0.4, 0.5) is 51.2 Å². The third-order valence-electron chi connectivity index (χ3n) is 20.8. The molecule has 6 heteroatoms. The lowest BCUT2D eigenvalue weighted by molar-refractivity contribution is 0.332. The second-order valence-corrected chi connectivity index (χ2v) is 36.6. The van der Waals surface area contributed by atoms with Gasteiger partial charge in [-0.2, -0.15) is 0 Å². The van der Waals surface area contributed by atoms with E-state index in [0.717, 1.165) is 24.2 Å². The first-order valence-electron chi connectivity index (χ1n) is 30.4. The summed E-state index contributed by atoms with van der Waals surface area (Å²) in [6.07, 6.45) is 7.04. The Bertz CT molecular complexity index is 3810.